The van der Waals surface area contributed by atoms with Crippen molar-refractivity contribution < 1.29 is 0 Å². The Labute approximate surface area is 141 Å². The lowest BCUT2D eigenvalue weighted by Crippen LogP contribution is -2.16. The summed E-state index contributed by atoms with van der Waals surface area (Å²) < 4.78 is 1.38. The van der Waals surface area contributed by atoms with E-state index < -0.39 is 0 Å². The highest BCUT2D eigenvalue weighted by atomic mass is 35.5. The molecule has 0 aliphatic heterocycles. The summed E-state index contributed by atoms with van der Waals surface area (Å²) in [5, 5.41) is 5.19. The molecule has 0 saturated carbocycles. The van der Waals surface area contributed by atoms with Crippen LogP contribution in [0.5, 0.6) is 0 Å². The summed E-state index contributed by atoms with van der Waals surface area (Å²) in [5.74, 6) is 0. The second-order valence-corrected chi connectivity index (χ2v) is 6.52. The van der Waals surface area contributed by atoms with Gasteiger partial charge in [-0.2, -0.15) is 4.52 Å². The molecule has 4 aromatic rings. The fraction of sp³-hybridized carbons (Fsp3) is 0.0588. The number of thiophene rings is 1. The zero-order valence-electron chi connectivity index (χ0n) is 12.2. The van der Waals surface area contributed by atoms with Crippen LogP contribution in [0.4, 0.5) is 0 Å². The van der Waals surface area contributed by atoms with Gasteiger partial charge < -0.3 is 0 Å². The summed E-state index contributed by atoms with van der Waals surface area (Å²) in [4.78, 5) is 17.7. The van der Waals surface area contributed by atoms with Gasteiger partial charge in [-0.3, -0.25) is 9.89 Å². The lowest BCUT2D eigenvalue weighted by Gasteiger charge is -1.99. The molecule has 4 rings (SSSR count). The van der Waals surface area contributed by atoms with Gasteiger partial charge in [0.1, 0.15) is 5.02 Å². The third kappa shape index (κ3) is 2.29. The lowest BCUT2D eigenvalue weighted by atomic mass is 10.1. The number of nitrogens with one attached hydrogen (secondary N) is 1. The standard InChI is InChI=1S/C17H12ClN3OS/c1-10-15(18)17(22)21-16(20-10)13(8-19-21)14-7-12(9-23-14)11-5-3-2-4-6-11/h2-9,19H,1H3. The van der Waals surface area contributed by atoms with Crippen molar-refractivity contribution >= 4 is 28.6 Å². The Morgan fingerprint density at radius 2 is 2.00 bits per heavy atom. The molecule has 3 heterocycles. The summed E-state index contributed by atoms with van der Waals surface area (Å²) in [7, 11) is 0. The van der Waals surface area contributed by atoms with E-state index in [4.69, 9.17) is 11.6 Å². The highest BCUT2D eigenvalue weighted by molar-refractivity contribution is 7.14. The number of aryl methyl sites for hydroxylation is 1. The molecule has 0 spiro atoms. The molecule has 0 radical (unpaired) electrons. The van der Waals surface area contributed by atoms with Crippen molar-refractivity contribution in [1.29, 1.82) is 0 Å². The normalized spacial score (nSPS) is 11.2. The largest absolute Gasteiger partial charge is 0.296 e. The number of aromatic nitrogens is 3. The molecule has 114 valence electrons. The summed E-state index contributed by atoms with van der Waals surface area (Å²) in [5.41, 5.74) is 4.07. The SMILES string of the molecule is Cc1nc2c(-c3cc(-c4ccccc4)cs3)c[nH]n2c(=O)c1Cl. The minimum atomic E-state index is -0.278. The lowest BCUT2D eigenvalue weighted by molar-refractivity contribution is 0.890. The Kier molecular flexibility index (Phi) is 3.32. The van der Waals surface area contributed by atoms with E-state index in [9.17, 15) is 4.79 Å². The molecule has 0 aliphatic rings. The molecule has 1 N–H and O–H groups in total. The number of aromatic amines is 1. The molecule has 0 fully saturated rings. The van der Waals surface area contributed by atoms with Crippen LogP contribution < -0.4 is 5.56 Å². The molecule has 3 aromatic heterocycles. The van der Waals surface area contributed by atoms with Crippen LogP contribution in [0, 0.1) is 6.92 Å². The number of H-pyrrole nitrogens is 1. The first-order chi connectivity index (χ1) is 11.1. The van der Waals surface area contributed by atoms with Crippen molar-refractivity contribution in [2.24, 2.45) is 0 Å². The van der Waals surface area contributed by atoms with Crippen molar-refractivity contribution in [3.8, 4) is 21.6 Å². The van der Waals surface area contributed by atoms with Crippen molar-refractivity contribution in [3.05, 3.63) is 69.0 Å². The topological polar surface area (TPSA) is 50.2 Å². The molecule has 23 heavy (non-hydrogen) atoms. The molecule has 0 saturated heterocycles. The number of fused-ring (bicyclic) bond motifs is 1. The Hall–Kier alpha value is -2.37. The summed E-state index contributed by atoms with van der Waals surface area (Å²) in [6, 6.07) is 12.3. The van der Waals surface area contributed by atoms with Gasteiger partial charge in [0.05, 0.1) is 11.3 Å². The van der Waals surface area contributed by atoms with E-state index in [0.29, 0.717) is 11.3 Å². The highest BCUT2D eigenvalue weighted by Gasteiger charge is 2.15. The van der Waals surface area contributed by atoms with Crippen LogP contribution >= 0.6 is 22.9 Å². The molecule has 0 bridgehead atoms. The quantitative estimate of drug-likeness (QED) is 0.588. The number of hydrogen-bond acceptors (Lipinski definition) is 3. The van der Waals surface area contributed by atoms with Gasteiger partial charge >= 0.3 is 0 Å². The second-order valence-electron chi connectivity index (χ2n) is 5.23. The van der Waals surface area contributed by atoms with E-state index in [2.05, 4.69) is 33.7 Å². The van der Waals surface area contributed by atoms with Crippen molar-refractivity contribution in [3.63, 3.8) is 0 Å². The second kappa shape index (κ2) is 5.37. The van der Waals surface area contributed by atoms with E-state index in [0.717, 1.165) is 16.0 Å². The molecule has 6 heteroatoms. The molecule has 1 aromatic carbocycles. The Bertz CT molecular complexity index is 1060. The number of halogens is 1. The Balaban J connectivity index is 1.88. The first-order valence-electron chi connectivity index (χ1n) is 7.06. The molecule has 4 nitrogen and oxygen atoms in total. The number of rotatable bonds is 2. The predicted octanol–water partition coefficient (Wildman–Crippen LogP) is 4.38. The van der Waals surface area contributed by atoms with Gasteiger partial charge in [-0.1, -0.05) is 41.9 Å². The average Bonchev–Trinajstić information content (AvgIpc) is 3.20. The molecule has 0 atom stereocenters. The first-order valence-corrected chi connectivity index (χ1v) is 8.31. The third-order valence-electron chi connectivity index (χ3n) is 3.74. The van der Waals surface area contributed by atoms with Gasteiger partial charge in [0.15, 0.2) is 5.65 Å². The van der Waals surface area contributed by atoms with Crippen molar-refractivity contribution in [2.45, 2.75) is 6.92 Å². The van der Waals surface area contributed by atoms with Crippen LogP contribution in [0.3, 0.4) is 0 Å². The summed E-state index contributed by atoms with van der Waals surface area (Å²) in [6.45, 7) is 1.74. The van der Waals surface area contributed by atoms with Gasteiger partial charge in [0, 0.05) is 11.1 Å². The van der Waals surface area contributed by atoms with E-state index in [1.807, 2.05) is 18.2 Å². The van der Waals surface area contributed by atoms with E-state index in [1.165, 1.54) is 10.1 Å². The van der Waals surface area contributed by atoms with Gasteiger partial charge in [0.25, 0.3) is 5.56 Å². The maximum absolute atomic E-state index is 12.2. The number of nitrogens with zero attached hydrogens (tertiary/aromatic N) is 2. The molecule has 0 aliphatic carbocycles. The average molecular weight is 342 g/mol. The van der Waals surface area contributed by atoms with Crippen molar-refractivity contribution in [2.75, 3.05) is 0 Å². The highest BCUT2D eigenvalue weighted by Crippen LogP contribution is 2.34. The van der Waals surface area contributed by atoms with Crippen LogP contribution in [0.1, 0.15) is 5.69 Å². The Morgan fingerprint density at radius 1 is 1.22 bits per heavy atom. The smallest absolute Gasteiger partial charge is 0.291 e. The zero-order valence-corrected chi connectivity index (χ0v) is 13.8. The van der Waals surface area contributed by atoms with Crippen LogP contribution in [0.2, 0.25) is 5.02 Å². The summed E-state index contributed by atoms with van der Waals surface area (Å²) >= 11 is 7.61. The molecular formula is C17H12ClN3OS. The third-order valence-corrected chi connectivity index (χ3v) is 5.14. The monoisotopic (exact) mass is 341 g/mol. The van der Waals surface area contributed by atoms with E-state index in [-0.39, 0.29) is 10.6 Å². The Morgan fingerprint density at radius 3 is 2.78 bits per heavy atom. The first kappa shape index (κ1) is 14.2. The van der Waals surface area contributed by atoms with Gasteiger partial charge in [-0.05, 0) is 29.5 Å². The molecular weight excluding hydrogens is 330 g/mol. The number of hydrogen-bond donors (Lipinski definition) is 1. The van der Waals surface area contributed by atoms with Gasteiger partial charge in [-0.15, -0.1) is 11.3 Å². The number of benzene rings is 1. The summed E-state index contributed by atoms with van der Waals surface area (Å²) in [6.07, 6.45) is 1.79. The van der Waals surface area contributed by atoms with Crippen LogP contribution in [0.15, 0.2) is 52.8 Å². The van der Waals surface area contributed by atoms with Crippen LogP contribution in [-0.2, 0) is 0 Å². The fourth-order valence-corrected chi connectivity index (χ4v) is 3.60. The van der Waals surface area contributed by atoms with Gasteiger partial charge in [-0.25, -0.2) is 4.98 Å². The van der Waals surface area contributed by atoms with Crippen LogP contribution in [-0.4, -0.2) is 14.6 Å². The predicted molar refractivity (Wildman–Crippen MR) is 94.3 cm³/mol. The molecule has 0 unspecified atom stereocenters. The van der Waals surface area contributed by atoms with E-state index in [1.54, 1.807) is 24.5 Å². The van der Waals surface area contributed by atoms with Crippen molar-refractivity contribution in [1.82, 2.24) is 14.6 Å². The maximum Gasteiger partial charge on any atom is 0.291 e. The van der Waals surface area contributed by atoms with E-state index >= 15 is 0 Å². The van der Waals surface area contributed by atoms with Crippen LogP contribution in [0.25, 0.3) is 27.2 Å². The molecule has 0 amide bonds. The maximum atomic E-state index is 12.2. The van der Waals surface area contributed by atoms with Gasteiger partial charge in [0.2, 0.25) is 0 Å². The minimum absolute atomic E-state index is 0.145. The fourth-order valence-electron chi connectivity index (χ4n) is 2.54. The minimum Gasteiger partial charge on any atom is -0.296 e. The zero-order chi connectivity index (χ0) is 16.0.